The van der Waals surface area contributed by atoms with E-state index in [9.17, 15) is 4.79 Å². The first-order valence-electron chi connectivity index (χ1n) is 9.78. The fraction of sp³-hybridized carbons (Fsp3) is 0.304. The summed E-state index contributed by atoms with van der Waals surface area (Å²) in [5, 5.41) is 7.84. The maximum atomic E-state index is 12.8. The van der Waals surface area contributed by atoms with Crippen molar-refractivity contribution in [1.82, 2.24) is 15.1 Å². The first-order valence-corrected chi connectivity index (χ1v) is 9.78. The Labute approximate surface area is 166 Å². The molecule has 4 rings (SSSR count). The summed E-state index contributed by atoms with van der Waals surface area (Å²) in [6.07, 6.45) is 4.93. The van der Waals surface area contributed by atoms with Crippen molar-refractivity contribution in [2.24, 2.45) is 0 Å². The summed E-state index contributed by atoms with van der Waals surface area (Å²) in [7, 11) is 3.96. The Morgan fingerprint density at radius 1 is 1.18 bits per heavy atom. The molecule has 1 aliphatic carbocycles. The Kier molecular flexibility index (Phi) is 5.15. The molecule has 2 aromatic carbocycles. The highest BCUT2D eigenvalue weighted by Crippen LogP contribution is 2.30. The van der Waals surface area contributed by atoms with Crippen LogP contribution in [-0.2, 0) is 13.0 Å². The van der Waals surface area contributed by atoms with E-state index in [1.165, 1.54) is 11.3 Å². The first kappa shape index (κ1) is 18.3. The van der Waals surface area contributed by atoms with E-state index in [1.54, 1.807) is 0 Å². The van der Waals surface area contributed by atoms with Crippen molar-refractivity contribution in [1.29, 1.82) is 0 Å². The van der Waals surface area contributed by atoms with Crippen LogP contribution >= 0.6 is 0 Å². The third-order valence-electron chi connectivity index (χ3n) is 5.37. The maximum Gasteiger partial charge on any atom is 0.251 e. The highest BCUT2D eigenvalue weighted by molar-refractivity contribution is 5.95. The van der Waals surface area contributed by atoms with Crippen molar-refractivity contribution >= 4 is 11.6 Å². The van der Waals surface area contributed by atoms with E-state index in [0.717, 1.165) is 37.1 Å². The first-order chi connectivity index (χ1) is 13.6. The predicted octanol–water partition coefficient (Wildman–Crippen LogP) is 3.80. The molecule has 1 heterocycles. The lowest BCUT2D eigenvalue weighted by atomic mass is 9.92. The summed E-state index contributed by atoms with van der Waals surface area (Å²) in [6.45, 7) is 0.766. The second-order valence-corrected chi connectivity index (χ2v) is 7.55. The van der Waals surface area contributed by atoms with Crippen LogP contribution in [0.2, 0.25) is 0 Å². The molecule has 5 heteroatoms. The molecule has 0 radical (unpaired) electrons. The van der Waals surface area contributed by atoms with Gasteiger partial charge in [-0.25, -0.2) is 0 Å². The molecule has 3 aromatic rings. The number of rotatable bonds is 5. The van der Waals surface area contributed by atoms with Gasteiger partial charge in [-0.3, -0.25) is 9.48 Å². The second kappa shape index (κ2) is 7.89. The van der Waals surface area contributed by atoms with Crippen LogP contribution in [0.5, 0.6) is 0 Å². The third-order valence-corrected chi connectivity index (χ3v) is 5.37. The Hall–Kier alpha value is -3.08. The Balaban J connectivity index is 1.52. The molecule has 1 aromatic heterocycles. The van der Waals surface area contributed by atoms with Crippen LogP contribution in [0.25, 0.3) is 0 Å². The molecule has 28 heavy (non-hydrogen) atoms. The highest BCUT2D eigenvalue weighted by atomic mass is 16.1. The average molecular weight is 374 g/mol. The molecule has 0 fully saturated rings. The van der Waals surface area contributed by atoms with E-state index >= 15 is 0 Å². The zero-order valence-electron chi connectivity index (χ0n) is 16.4. The van der Waals surface area contributed by atoms with Crippen molar-refractivity contribution in [2.75, 3.05) is 19.0 Å². The number of hydrogen-bond donors (Lipinski definition) is 1. The van der Waals surface area contributed by atoms with Crippen molar-refractivity contribution in [3.05, 3.63) is 83.2 Å². The lowest BCUT2D eigenvalue weighted by Gasteiger charge is -2.24. The second-order valence-electron chi connectivity index (χ2n) is 7.55. The smallest absolute Gasteiger partial charge is 0.251 e. The van der Waals surface area contributed by atoms with Crippen LogP contribution in [0.1, 0.15) is 46.1 Å². The van der Waals surface area contributed by atoms with E-state index < -0.39 is 0 Å². The molecule has 5 nitrogen and oxygen atoms in total. The number of anilines is 1. The molecule has 0 saturated carbocycles. The van der Waals surface area contributed by atoms with Crippen LogP contribution in [0.3, 0.4) is 0 Å². The molecule has 0 unspecified atom stereocenters. The summed E-state index contributed by atoms with van der Waals surface area (Å²) < 4.78 is 2.08. The quantitative estimate of drug-likeness (QED) is 0.739. The zero-order valence-corrected chi connectivity index (χ0v) is 16.4. The van der Waals surface area contributed by atoms with E-state index in [1.807, 2.05) is 55.5 Å². The van der Waals surface area contributed by atoms with Crippen molar-refractivity contribution in [2.45, 2.75) is 31.8 Å². The number of benzene rings is 2. The summed E-state index contributed by atoms with van der Waals surface area (Å²) >= 11 is 0. The summed E-state index contributed by atoms with van der Waals surface area (Å²) in [5.74, 6) is -0.0302. The number of amides is 1. The third kappa shape index (κ3) is 3.79. The molecule has 0 aliphatic heterocycles. The molecule has 144 valence electrons. The molecule has 1 amide bonds. The Bertz CT molecular complexity index is 962. The number of nitrogens with zero attached hydrogens (tertiary/aromatic N) is 3. The molecule has 0 saturated heterocycles. The molecule has 0 bridgehead atoms. The van der Waals surface area contributed by atoms with E-state index in [0.29, 0.717) is 5.56 Å². The van der Waals surface area contributed by atoms with Crippen LogP contribution in [0.4, 0.5) is 5.69 Å². The van der Waals surface area contributed by atoms with Gasteiger partial charge in [0.25, 0.3) is 5.91 Å². The molecule has 1 aliphatic rings. The fourth-order valence-electron chi connectivity index (χ4n) is 3.83. The van der Waals surface area contributed by atoms with Crippen LogP contribution < -0.4 is 10.2 Å². The molecule has 1 N–H and O–H groups in total. The number of fused-ring (bicyclic) bond motifs is 1. The maximum absolute atomic E-state index is 12.8. The molecule has 1 atom stereocenters. The lowest BCUT2D eigenvalue weighted by Crippen LogP contribution is -2.31. The van der Waals surface area contributed by atoms with Gasteiger partial charge in [0.2, 0.25) is 0 Å². The normalized spacial score (nSPS) is 15.7. The van der Waals surface area contributed by atoms with E-state index in [2.05, 4.69) is 39.4 Å². The number of hydrogen-bond acceptors (Lipinski definition) is 3. The van der Waals surface area contributed by atoms with Gasteiger partial charge in [-0.05, 0) is 43.0 Å². The SMILES string of the molecule is CN(C)c1cccc(C(=O)N[C@H]2CCCc3c2cnn3Cc2ccccc2)c1. The van der Waals surface area contributed by atoms with Crippen molar-refractivity contribution in [3.63, 3.8) is 0 Å². The summed E-state index contributed by atoms with van der Waals surface area (Å²) in [4.78, 5) is 14.8. The lowest BCUT2D eigenvalue weighted by molar-refractivity contribution is 0.0932. The van der Waals surface area contributed by atoms with Crippen LogP contribution in [0.15, 0.2) is 60.8 Å². The van der Waals surface area contributed by atoms with Gasteiger partial charge in [0, 0.05) is 36.6 Å². The summed E-state index contributed by atoms with van der Waals surface area (Å²) in [6, 6.07) is 18.1. The van der Waals surface area contributed by atoms with Gasteiger partial charge in [-0.2, -0.15) is 5.10 Å². The summed E-state index contributed by atoms with van der Waals surface area (Å²) in [5.41, 5.74) is 5.34. The minimum atomic E-state index is -0.0302. The number of nitrogens with one attached hydrogen (secondary N) is 1. The standard InChI is InChI=1S/C23H26N4O/c1-26(2)19-11-6-10-18(14-19)23(28)25-21-12-7-13-22-20(21)15-24-27(22)16-17-8-4-3-5-9-17/h3-6,8-11,14-15,21H,7,12-13,16H2,1-2H3,(H,25,28)/t21-/m0/s1. The Morgan fingerprint density at radius 2 is 2.00 bits per heavy atom. The van der Waals surface area contributed by atoms with Crippen molar-refractivity contribution in [3.8, 4) is 0 Å². The van der Waals surface area contributed by atoms with Gasteiger partial charge in [-0.15, -0.1) is 0 Å². The predicted molar refractivity (Wildman–Crippen MR) is 112 cm³/mol. The highest BCUT2D eigenvalue weighted by Gasteiger charge is 2.26. The largest absolute Gasteiger partial charge is 0.378 e. The minimum absolute atomic E-state index is 0.0174. The Morgan fingerprint density at radius 3 is 2.79 bits per heavy atom. The van der Waals surface area contributed by atoms with Gasteiger partial charge in [0.1, 0.15) is 0 Å². The molecule has 0 spiro atoms. The van der Waals surface area contributed by atoms with Gasteiger partial charge >= 0.3 is 0 Å². The number of carbonyl (C=O) groups excluding carboxylic acids is 1. The van der Waals surface area contributed by atoms with Crippen LogP contribution in [-0.4, -0.2) is 29.8 Å². The van der Waals surface area contributed by atoms with Gasteiger partial charge in [0.05, 0.1) is 18.8 Å². The van der Waals surface area contributed by atoms with Gasteiger partial charge in [-0.1, -0.05) is 36.4 Å². The minimum Gasteiger partial charge on any atom is -0.378 e. The zero-order chi connectivity index (χ0) is 19.5. The van der Waals surface area contributed by atoms with Crippen molar-refractivity contribution < 1.29 is 4.79 Å². The van der Waals surface area contributed by atoms with E-state index in [4.69, 9.17) is 0 Å². The number of aromatic nitrogens is 2. The van der Waals surface area contributed by atoms with Gasteiger partial charge in [0.15, 0.2) is 0 Å². The van der Waals surface area contributed by atoms with Gasteiger partial charge < -0.3 is 10.2 Å². The number of carbonyl (C=O) groups is 1. The van der Waals surface area contributed by atoms with Crippen LogP contribution in [0, 0.1) is 0 Å². The topological polar surface area (TPSA) is 50.2 Å². The average Bonchev–Trinajstić information content (AvgIpc) is 3.13. The monoisotopic (exact) mass is 374 g/mol. The van der Waals surface area contributed by atoms with E-state index in [-0.39, 0.29) is 11.9 Å². The fourth-order valence-corrected chi connectivity index (χ4v) is 3.83. The molecular formula is C23H26N4O. The molecular weight excluding hydrogens is 348 g/mol.